The van der Waals surface area contributed by atoms with E-state index in [1.54, 1.807) is 6.07 Å². The summed E-state index contributed by atoms with van der Waals surface area (Å²) in [7, 11) is 0. The maximum absolute atomic E-state index is 10.6. The van der Waals surface area contributed by atoms with Gasteiger partial charge in [-0.05, 0) is 57.5 Å². The summed E-state index contributed by atoms with van der Waals surface area (Å²) in [6, 6.07) is 5.44. The van der Waals surface area contributed by atoms with E-state index in [9.17, 15) is 5.11 Å². The number of aliphatic hydroxyl groups excluding tert-OH is 1. The van der Waals surface area contributed by atoms with E-state index >= 15 is 0 Å². The summed E-state index contributed by atoms with van der Waals surface area (Å²) < 4.78 is 0. The van der Waals surface area contributed by atoms with Crippen molar-refractivity contribution >= 4 is 23.2 Å². The van der Waals surface area contributed by atoms with Gasteiger partial charge in [-0.2, -0.15) is 0 Å². The third kappa shape index (κ3) is 3.43. The second-order valence-electron chi connectivity index (χ2n) is 5.80. The predicted molar refractivity (Wildman–Crippen MR) is 81.1 cm³/mol. The van der Waals surface area contributed by atoms with Crippen molar-refractivity contribution in [3.63, 3.8) is 0 Å². The molecule has 1 atom stereocenters. The van der Waals surface area contributed by atoms with Gasteiger partial charge in [-0.1, -0.05) is 29.3 Å². The van der Waals surface area contributed by atoms with Crippen LogP contribution in [0.5, 0.6) is 0 Å². The number of hydrogen-bond donors (Lipinski definition) is 1. The summed E-state index contributed by atoms with van der Waals surface area (Å²) in [6.07, 6.45) is 2.55. The Labute approximate surface area is 125 Å². The van der Waals surface area contributed by atoms with E-state index in [1.165, 1.54) is 12.8 Å². The van der Waals surface area contributed by atoms with Crippen LogP contribution in [0.4, 0.5) is 0 Å². The number of rotatable bonds is 4. The lowest BCUT2D eigenvalue weighted by Crippen LogP contribution is -2.51. The zero-order valence-electron chi connectivity index (χ0n) is 11.5. The second-order valence-corrected chi connectivity index (χ2v) is 6.65. The van der Waals surface area contributed by atoms with Crippen molar-refractivity contribution in [1.82, 2.24) is 4.90 Å². The molecule has 1 aromatic carbocycles. The van der Waals surface area contributed by atoms with Crippen LogP contribution in [0.25, 0.3) is 0 Å². The van der Waals surface area contributed by atoms with Gasteiger partial charge >= 0.3 is 0 Å². The second kappa shape index (κ2) is 6.01. The Morgan fingerprint density at radius 2 is 1.89 bits per heavy atom. The number of hydrogen-bond acceptors (Lipinski definition) is 2. The minimum atomic E-state index is -0.440. The van der Waals surface area contributed by atoms with E-state index in [0.29, 0.717) is 16.5 Å². The van der Waals surface area contributed by atoms with Crippen LogP contribution in [0.15, 0.2) is 18.2 Å². The van der Waals surface area contributed by atoms with E-state index in [-0.39, 0.29) is 5.54 Å². The predicted octanol–water partition coefficient (Wildman–Crippen LogP) is 3.77. The molecule has 1 saturated heterocycles. The molecule has 2 rings (SSSR count). The molecule has 19 heavy (non-hydrogen) atoms. The topological polar surface area (TPSA) is 23.5 Å². The highest BCUT2D eigenvalue weighted by Crippen LogP contribution is 2.29. The van der Waals surface area contributed by atoms with Crippen molar-refractivity contribution in [2.75, 3.05) is 13.1 Å². The number of benzene rings is 1. The molecule has 106 valence electrons. The lowest BCUT2D eigenvalue weighted by atomic mass is 9.90. The number of nitrogens with zero attached hydrogens (tertiary/aromatic N) is 1. The zero-order valence-corrected chi connectivity index (χ0v) is 13.0. The molecule has 4 heteroatoms. The Morgan fingerprint density at radius 1 is 1.26 bits per heavy atom. The summed E-state index contributed by atoms with van der Waals surface area (Å²) in [5, 5.41) is 11.8. The van der Waals surface area contributed by atoms with E-state index in [4.69, 9.17) is 23.2 Å². The van der Waals surface area contributed by atoms with Crippen LogP contribution in [-0.4, -0.2) is 34.7 Å². The molecule has 1 aromatic rings. The van der Waals surface area contributed by atoms with Gasteiger partial charge in [0.1, 0.15) is 0 Å². The molecule has 0 aliphatic carbocycles. The minimum Gasteiger partial charge on any atom is -0.391 e. The molecule has 1 aliphatic rings. The molecule has 1 aliphatic heterocycles. The first-order valence-corrected chi connectivity index (χ1v) is 7.54. The van der Waals surface area contributed by atoms with Crippen LogP contribution in [-0.2, 0) is 6.42 Å². The molecule has 1 fully saturated rings. The maximum Gasteiger partial charge on any atom is 0.0759 e. The van der Waals surface area contributed by atoms with Gasteiger partial charge in [0, 0.05) is 22.0 Å². The fourth-order valence-corrected chi connectivity index (χ4v) is 3.14. The van der Waals surface area contributed by atoms with Crippen molar-refractivity contribution in [2.24, 2.45) is 0 Å². The fraction of sp³-hybridized carbons (Fsp3) is 0.600. The van der Waals surface area contributed by atoms with Gasteiger partial charge in [0.15, 0.2) is 0 Å². The van der Waals surface area contributed by atoms with Gasteiger partial charge in [-0.25, -0.2) is 0 Å². The van der Waals surface area contributed by atoms with Crippen LogP contribution in [0.3, 0.4) is 0 Å². The average Bonchev–Trinajstić information content (AvgIpc) is 2.86. The molecule has 1 N–H and O–H groups in total. The zero-order chi connectivity index (χ0) is 14.0. The standard InChI is InChI=1S/C15H21Cl2NO/c1-15(2,18-7-3-4-8-18)14(19)9-11-5-6-12(16)10-13(11)17/h5-6,10,14,19H,3-4,7-9H2,1-2H3. The van der Waals surface area contributed by atoms with Gasteiger partial charge in [0.2, 0.25) is 0 Å². The van der Waals surface area contributed by atoms with Gasteiger partial charge in [0.05, 0.1) is 6.10 Å². The molecule has 0 saturated carbocycles. The van der Waals surface area contributed by atoms with Crippen molar-refractivity contribution in [1.29, 1.82) is 0 Å². The normalized spacial score (nSPS) is 18.8. The Kier molecular flexibility index (Phi) is 4.78. The van der Waals surface area contributed by atoms with Crippen LogP contribution >= 0.6 is 23.2 Å². The van der Waals surface area contributed by atoms with Crippen molar-refractivity contribution < 1.29 is 5.11 Å². The summed E-state index contributed by atoms with van der Waals surface area (Å²) in [6.45, 7) is 6.34. The van der Waals surface area contributed by atoms with E-state index in [2.05, 4.69) is 18.7 Å². The lowest BCUT2D eigenvalue weighted by Gasteiger charge is -2.39. The summed E-state index contributed by atoms with van der Waals surface area (Å²) in [5.41, 5.74) is 0.727. The average molecular weight is 302 g/mol. The first kappa shape index (κ1) is 15.1. The minimum absolute atomic E-state index is 0.223. The Morgan fingerprint density at radius 3 is 2.47 bits per heavy atom. The van der Waals surface area contributed by atoms with Crippen molar-refractivity contribution in [2.45, 2.75) is 44.8 Å². The van der Waals surface area contributed by atoms with Crippen LogP contribution in [0.2, 0.25) is 10.0 Å². The van der Waals surface area contributed by atoms with E-state index < -0.39 is 6.10 Å². The Hall–Kier alpha value is -0.280. The highest BCUT2D eigenvalue weighted by molar-refractivity contribution is 6.35. The molecule has 0 bridgehead atoms. The SMILES string of the molecule is CC(C)(C(O)Cc1ccc(Cl)cc1Cl)N1CCCC1. The van der Waals surface area contributed by atoms with Gasteiger partial charge < -0.3 is 5.11 Å². The molecule has 1 heterocycles. The monoisotopic (exact) mass is 301 g/mol. The summed E-state index contributed by atoms with van der Waals surface area (Å²) in [4.78, 5) is 2.36. The molecule has 2 nitrogen and oxygen atoms in total. The number of likely N-dealkylation sites (tertiary alicyclic amines) is 1. The fourth-order valence-electron chi connectivity index (χ4n) is 2.65. The van der Waals surface area contributed by atoms with Crippen molar-refractivity contribution in [3.05, 3.63) is 33.8 Å². The summed E-state index contributed by atoms with van der Waals surface area (Å²) >= 11 is 12.1. The highest BCUT2D eigenvalue weighted by atomic mass is 35.5. The molecule has 0 aromatic heterocycles. The molecule has 1 unspecified atom stereocenters. The summed E-state index contributed by atoms with van der Waals surface area (Å²) in [5.74, 6) is 0. The molecule has 0 radical (unpaired) electrons. The Balaban J connectivity index is 2.09. The van der Waals surface area contributed by atoms with Gasteiger partial charge in [-0.3, -0.25) is 4.90 Å². The van der Waals surface area contributed by atoms with Crippen LogP contribution < -0.4 is 0 Å². The van der Waals surface area contributed by atoms with Gasteiger partial charge in [0.25, 0.3) is 0 Å². The highest BCUT2D eigenvalue weighted by Gasteiger charge is 2.35. The third-order valence-electron chi connectivity index (χ3n) is 4.16. The first-order chi connectivity index (χ1) is 8.91. The molecule has 0 spiro atoms. The van der Waals surface area contributed by atoms with Gasteiger partial charge in [-0.15, -0.1) is 0 Å². The lowest BCUT2D eigenvalue weighted by molar-refractivity contribution is 0.00338. The maximum atomic E-state index is 10.6. The first-order valence-electron chi connectivity index (χ1n) is 6.78. The van der Waals surface area contributed by atoms with E-state index in [1.807, 2.05) is 12.1 Å². The quantitative estimate of drug-likeness (QED) is 0.915. The van der Waals surface area contributed by atoms with E-state index in [0.717, 1.165) is 18.7 Å². The van der Waals surface area contributed by atoms with Crippen molar-refractivity contribution in [3.8, 4) is 0 Å². The third-order valence-corrected chi connectivity index (χ3v) is 4.75. The van der Waals surface area contributed by atoms with Crippen LogP contribution in [0, 0.1) is 0 Å². The molecular weight excluding hydrogens is 281 g/mol. The van der Waals surface area contributed by atoms with Crippen LogP contribution in [0.1, 0.15) is 32.3 Å². The molecule has 0 amide bonds. The smallest absolute Gasteiger partial charge is 0.0759 e. The number of aliphatic hydroxyl groups is 1. The Bertz CT molecular complexity index is 442. The molecular formula is C15H21Cl2NO. The largest absolute Gasteiger partial charge is 0.391 e. The number of halogens is 2.